The third-order valence-corrected chi connectivity index (χ3v) is 5.83. The van der Waals surface area contributed by atoms with Gasteiger partial charge in [0.05, 0.1) is 5.54 Å². The quantitative estimate of drug-likeness (QED) is 0.364. The fourth-order valence-electron chi connectivity index (χ4n) is 3.88. The maximum Gasteiger partial charge on any atom is 0.161 e. The molecule has 0 aliphatic carbocycles. The maximum absolute atomic E-state index is 4.93. The van der Waals surface area contributed by atoms with Crippen LogP contribution in [0.25, 0.3) is 22.5 Å². The number of benzene rings is 2. The Morgan fingerprint density at radius 1 is 0.844 bits per heavy atom. The molecule has 4 nitrogen and oxygen atoms in total. The summed E-state index contributed by atoms with van der Waals surface area (Å²) >= 11 is 0. The second-order valence-corrected chi connectivity index (χ2v) is 9.04. The highest BCUT2D eigenvalue weighted by Crippen LogP contribution is 2.31. The van der Waals surface area contributed by atoms with E-state index in [0.717, 1.165) is 33.9 Å². The maximum atomic E-state index is 4.93. The van der Waals surface area contributed by atoms with Crippen LogP contribution >= 0.6 is 0 Å². The van der Waals surface area contributed by atoms with Gasteiger partial charge in [-0.1, -0.05) is 68.4 Å². The number of pyridine rings is 1. The van der Waals surface area contributed by atoms with Crippen molar-refractivity contribution in [3.63, 3.8) is 0 Å². The van der Waals surface area contributed by atoms with Gasteiger partial charge in [0.25, 0.3) is 0 Å². The molecule has 32 heavy (non-hydrogen) atoms. The van der Waals surface area contributed by atoms with Gasteiger partial charge in [-0.2, -0.15) is 0 Å². The highest BCUT2D eigenvalue weighted by molar-refractivity contribution is 5.65. The first kappa shape index (κ1) is 21.7. The molecule has 0 spiro atoms. The number of rotatable bonds is 6. The molecular formula is C28H30N4. The summed E-state index contributed by atoms with van der Waals surface area (Å²) in [6.07, 6.45) is 5.59. The molecule has 0 aliphatic heterocycles. The van der Waals surface area contributed by atoms with Gasteiger partial charge in [0.2, 0.25) is 0 Å². The fraction of sp³-hybridized carbons (Fsp3) is 0.250. The number of aryl methyl sites for hydroxylation is 1. The summed E-state index contributed by atoms with van der Waals surface area (Å²) in [5.74, 6) is 2.02. The van der Waals surface area contributed by atoms with Crippen LogP contribution in [0.5, 0.6) is 0 Å². The number of nitrogens with one attached hydrogen (secondary N) is 1. The first-order chi connectivity index (χ1) is 15.3. The summed E-state index contributed by atoms with van der Waals surface area (Å²) < 4.78 is 0. The summed E-state index contributed by atoms with van der Waals surface area (Å²) in [6, 6.07) is 21.0. The van der Waals surface area contributed by atoms with Gasteiger partial charge in [-0.05, 0) is 55.0 Å². The highest BCUT2D eigenvalue weighted by atomic mass is 15.1. The van der Waals surface area contributed by atoms with Crippen molar-refractivity contribution in [3.05, 3.63) is 95.9 Å². The van der Waals surface area contributed by atoms with Gasteiger partial charge in [-0.3, -0.25) is 4.98 Å². The Morgan fingerprint density at radius 3 is 2.28 bits per heavy atom. The van der Waals surface area contributed by atoms with Crippen LogP contribution in [0, 0.1) is 6.92 Å². The van der Waals surface area contributed by atoms with E-state index >= 15 is 0 Å². The molecule has 2 aromatic carbocycles. The first-order valence-corrected chi connectivity index (χ1v) is 11.1. The largest absolute Gasteiger partial charge is 0.361 e. The second kappa shape index (κ2) is 8.91. The Hall–Kier alpha value is -3.53. The highest BCUT2D eigenvalue weighted by Gasteiger charge is 2.22. The topological polar surface area (TPSA) is 50.7 Å². The molecule has 0 unspecified atom stereocenters. The zero-order valence-corrected chi connectivity index (χ0v) is 19.4. The lowest BCUT2D eigenvalue weighted by Gasteiger charge is -2.29. The molecule has 0 amide bonds. The lowest BCUT2D eigenvalue weighted by Crippen LogP contribution is -2.29. The predicted octanol–water partition coefficient (Wildman–Crippen LogP) is 6.98. The molecule has 4 heteroatoms. The molecule has 0 radical (unpaired) electrons. The fourth-order valence-corrected chi connectivity index (χ4v) is 3.88. The van der Waals surface area contributed by atoms with Gasteiger partial charge in [-0.25, -0.2) is 9.97 Å². The van der Waals surface area contributed by atoms with Gasteiger partial charge in [-0.15, -0.1) is 0 Å². The molecule has 0 atom stereocenters. The van der Waals surface area contributed by atoms with E-state index in [1.807, 2.05) is 31.5 Å². The van der Waals surface area contributed by atoms with Crippen LogP contribution in [-0.4, -0.2) is 15.0 Å². The molecular weight excluding hydrogens is 392 g/mol. The molecule has 4 rings (SSSR count). The lowest BCUT2D eigenvalue weighted by atomic mass is 9.92. The summed E-state index contributed by atoms with van der Waals surface area (Å²) in [5, 5.41) is 3.66. The zero-order chi connectivity index (χ0) is 22.7. The van der Waals surface area contributed by atoms with Crippen molar-refractivity contribution in [2.45, 2.75) is 46.1 Å². The number of aromatic nitrogens is 3. The SMILES string of the molecule is Cc1cnc(-c2ccccc2C(C)C)nc1NC(C)(C)c1ccc(-c2cccnc2)cc1. The predicted molar refractivity (Wildman–Crippen MR) is 133 cm³/mol. The molecule has 2 aromatic heterocycles. The van der Waals surface area contributed by atoms with E-state index in [0.29, 0.717) is 5.92 Å². The van der Waals surface area contributed by atoms with Crippen molar-refractivity contribution in [1.82, 2.24) is 15.0 Å². The Kier molecular flexibility index (Phi) is 6.04. The Morgan fingerprint density at radius 2 is 1.59 bits per heavy atom. The molecule has 2 heterocycles. The summed E-state index contributed by atoms with van der Waals surface area (Å²) in [7, 11) is 0. The standard InChI is InChI=1S/C28H30N4/c1-19(2)24-10-6-7-11-25(24)27-30-17-20(3)26(31-27)32-28(4,5)23-14-12-21(13-15-23)22-9-8-16-29-18-22/h6-19H,1-5H3,(H,30,31,32). The van der Waals surface area contributed by atoms with Crippen molar-refractivity contribution in [2.24, 2.45) is 0 Å². The Balaban J connectivity index is 1.63. The van der Waals surface area contributed by atoms with E-state index in [1.54, 1.807) is 6.20 Å². The number of anilines is 1. The summed E-state index contributed by atoms with van der Waals surface area (Å²) in [5.41, 5.74) is 6.52. The van der Waals surface area contributed by atoms with E-state index in [9.17, 15) is 0 Å². The van der Waals surface area contributed by atoms with E-state index < -0.39 is 0 Å². The van der Waals surface area contributed by atoms with Crippen molar-refractivity contribution in [3.8, 4) is 22.5 Å². The summed E-state index contributed by atoms with van der Waals surface area (Å²) in [4.78, 5) is 13.8. The average Bonchev–Trinajstić information content (AvgIpc) is 2.81. The summed E-state index contributed by atoms with van der Waals surface area (Å²) in [6.45, 7) is 10.8. The third-order valence-electron chi connectivity index (χ3n) is 5.83. The lowest BCUT2D eigenvalue weighted by molar-refractivity contribution is 0.605. The molecule has 0 bridgehead atoms. The Labute approximate surface area is 190 Å². The average molecular weight is 423 g/mol. The van der Waals surface area contributed by atoms with Gasteiger partial charge in [0.15, 0.2) is 5.82 Å². The third kappa shape index (κ3) is 4.54. The van der Waals surface area contributed by atoms with Crippen molar-refractivity contribution < 1.29 is 0 Å². The van der Waals surface area contributed by atoms with E-state index in [2.05, 4.69) is 91.5 Å². The van der Waals surface area contributed by atoms with Crippen molar-refractivity contribution in [1.29, 1.82) is 0 Å². The number of nitrogens with zero attached hydrogens (tertiary/aromatic N) is 3. The van der Waals surface area contributed by atoms with Crippen LogP contribution in [0.2, 0.25) is 0 Å². The van der Waals surface area contributed by atoms with Crippen LogP contribution in [-0.2, 0) is 5.54 Å². The Bertz CT molecular complexity index is 1200. The molecule has 162 valence electrons. The molecule has 4 aromatic rings. The van der Waals surface area contributed by atoms with Crippen LogP contribution in [0.1, 0.15) is 50.3 Å². The van der Waals surface area contributed by atoms with Gasteiger partial charge >= 0.3 is 0 Å². The molecule has 1 N–H and O–H groups in total. The van der Waals surface area contributed by atoms with Gasteiger partial charge in [0.1, 0.15) is 5.82 Å². The smallest absolute Gasteiger partial charge is 0.161 e. The van der Waals surface area contributed by atoms with E-state index in [4.69, 9.17) is 4.98 Å². The first-order valence-electron chi connectivity index (χ1n) is 11.1. The second-order valence-electron chi connectivity index (χ2n) is 9.04. The zero-order valence-electron chi connectivity index (χ0n) is 19.4. The van der Waals surface area contributed by atoms with Gasteiger partial charge in [0, 0.05) is 29.7 Å². The minimum atomic E-state index is -0.304. The number of hydrogen-bond donors (Lipinski definition) is 1. The van der Waals surface area contributed by atoms with Crippen molar-refractivity contribution in [2.75, 3.05) is 5.32 Å². The van der Waals surface area contributed by atoms with Crippen LogP contribution in [0.15, 0.2) is 79.3 Å². The monoisotopic (exact) mass is 422 g/mol. The normalized spacial score (nSPS) is 11.6. The minimum absolute atomic E-state index is 0.304. The van der Waals surface area contributed by atoms with E-state index in [-0.39, 0.29) is 5.54 Å². The van der Waals surface area contributed by atoms with Crippen LogP contribution in [0.4, 0.5) is 5.82 Å². The van der Waals surface area contributed by atoms with Crippen molar-refractivity contribution >= 4 is 5.82 Å². The minimum Gasteiger partial charge on any atom is -0.361 e. The molecule has 0 saturated carbocycles. The van der Waals surface area contributed by atoms with Gasteiger partial charge < -0.3 is 5.32 Å². The molecule has 0 saturated heterocycles. The van der Waals surface area contributed by atoms with Crippen LogP contribution in [0.3, 0.4) is 0 Å². The van der Waals surface area contributed by atoms with E-state index in [1.165, 1.54) is 11.1 Å². The molecule has 0 aliphatic rings. The molecule has 0 fully saturated rings. The van der Waals surface area contributed by atoms with Crippen LogP contribution < -0.4 is 5.32 Å². The number of hydrogen-bond acceptors (Lipinski definition) is 4.